The largest absolute Gasteiger partial charge is 0.416 e. The van der Waals surface area contributed by atoms with Crippen molar-refractivity contribution in [3.8, 4) is 0 Å². The van der Waals surface area contributed by atoms with Gasteiger partial charge in [-0.3, -0.25) is 34.9 Å². The van der Waals surface area contributed by atoms with Crippen molar-refractivity contribution in [2.75, 3.05) is 93.5 Å². The van der Waals surface area contributed by atoms with Crippen molar-refractivity contribution >= 4 is 69.7 Å². The number of hydrogen-bond donors (Lipinski definition) is 6. The summed E-state index contributed by atoms with van der Waals surface area (Å²) in [5.41, 5.74) is 7.31. The zero-order valence-corrected chi connectivity index (χ0v) is 45.8. The standard InChI is InChI=1S/C37H42F3N7O4.C22H24F3N5O/c1-25(42-33(41)26-8-7-11-29(23-26)37(38,39)40)43-35(49)31-24-30(47-14-4-3-5-15-47)12-13-32(31)44-34(48)27-9-6-10-28(22-27)36(50)45(2)16-17-46-18-20-51-21-19-46;1-14(28-20(27)15-6-5-7-16(12-15)22(23,24)25)29-21(31)18-13-17(8-9-19(18)26)30-10-3-2-4-11-30/h6-13,22-24H,3-5,14-21H2,1-2H3,(H,44,48)(H2,41,42,43,49);5-9,12-13H,2-4,10-11,26H2,1H3,(H2,27,28,29,31). The molecule has 0 radical (unpaired) electrons. The summed E-state index contributed by atoms with van der Waals surface area (Å²) in [5.74, 6) is -2.68. The predicted molar refractivity (Wildman–Crippen MR) is 306 cm³/mol. The van der Waals surface area contributed by atoms with Crippen molar-refractivity contribution in [2.45, 2.75) is 64.7 Å². The molecule has 0 saturated carbocycles. The number of aliphatic imine (C=N–C) groups is 2. The summed E-state index contributed by atoms with van der Waals surface area (Å²) in [5, 5.41) is 24.2. The first-order chi connectivity index (χ1) is 39.0. The van der Waals surface area contributed by atoms with Gasteiger partial charge in [-0.15, -0.1) is 0 Å². The van der Waals surface area contributed by atoms with E-state index in [2.05, 4.69) is 40.6 Å². The highest BCUT2D eigenvalue weighted by Gasteiger charge is 2.32. The van der Waals surface area contributed by atoms with E-state index < -0.39 is 47.0 Å². The molecule has 0 bridgehead atoms. The van der Waals surface area contributed by atoms with Gasteiger partial charge >= 0.3 is 12.4 Å². The van der Waals surface area contributed by atoms with E-state index in [1.54, 1.807) is 54.4 Å². The molecule has 8 rings (SSSR count). The minimum atomic E-state index is -4.58. The summed E-state index contributed by atoms with van der Waals surface area (Å²) < 4.78 is 83.7. The minimum absolute atomic E-state index is 0.00460. The van der Waals surface area contributed by atoms with Crippen LogP contribution in [0, 0.1) is 10.8 Å². The molecular weight excluding hydrogens is 1070 g/mol. The van der Waals surface area contributed by atoms with Crippen LogP contribution in [0.15, 0.2) is 119 Å². The molecular formula is C59H66F6N12O5. The van der Waals surface area contributed by atoms with E-state index in [0.717, 1.165) is 107 Å². The first kappa shape index (κ1) is 61.2. The number of amidine groups is 4. The van der Waals surface area contributed by atoms with Gasteiger partial charge in [-0.1, -0.05) is 30.3 Å². The van der Waals surface area contributed by atoms with Crippen LogP contribution < -0.4 is 31.5 Å². The Morgan fingerprint density at radius 2 is 1.05 bits per heavy atom. The van der Waals surface area contributed by atoms with Gasteiger partial charge in [0.15, 0.2) is 11.7 Å². The van der Waals surface area contributed by atoms with Crippen molar-refractivity contribution in [2.24, 2.45) is 9.98 Å². The number of morpholine rings is 1. The zero-order chi connectivity index (χ0) is 59.1. The van der Waals surface area contributed by atoms with Gasteiger partial charge in [-0.2, -0.15) is 26.3 Å². The van der Waals surface area contributed by atoms with Crippen molar-refractivity contribution in [1.29, 1.82) is 10.8 Å². The Morgan fingerprint density at radius 3 is 1.57 bits per heavy atom. The molecule has 0 unspecified atom stereocenters. The third kappa shape index (κ3) is 17.0. The highest BCUT2D eigenvalue weighted by atomic mass is 19.4. The van der Waals surface area contributed by atoms with Gasteiger partial charge in [0, 0.05) is 98.7 Å². The van der Waals surface area contributed by atoms with Gasteiger partial charge in [-0.05, 0) is 131 Å². The average Bonchev–Trinajstić information content (AvgIpc) is 3.59. The molecule has 3 fully saturated rings. The number of nitrogens with one attached hydrogen (secondary N) is 5. The Bertz CT molecular complexity index is 3200. The Balaban J connectivity index is 0.000000266. The van der Waals surface area contributed by atoms with Crippen LogP contribution >= 0.6 is 0 Å². The number of piperidine rings is 2. The monoisotopic (exact) mass is 1140 g/mol. The van der Waals surface area contributed by atoms with E-state index in [0.29, 0.717) is 37.6 Å². The maximum atomic E-state index is 13.7. The summed E-state index contributed by atoms with van der Waals surface area (Å²) in [7, 11) is 1.72. The number of nitrogens with zero attached hydrogens (tertiary/aromatic N) is 6. The number of amides is 4. The first-order valence-electron chi connectivity index (χ1n) is 26.8. The van der Waals surface area contributed by atoms with E-state index in [-0.39, 0.29) is 56.9 Å². The number of nitrogens with two attached hydrogens (primary N) is 1. The van der Waals surface area contributed by atoms with Gasteiger partial charge in [0.05, 0.1) is 41.2 Å². The molecule has 3 saturated heterocycles. The highest BCUT2D eigenvalue weighted by Crippen LogP contribution is 2.32. The lowest BCUT2D eigenvalue weighted by Gasteiger charge is -2.29. The molecule has 4 amide bonds. The van der Waals surface area contributed by atoms with Crippen LogP contribution in [0.2, 0.25) is 0 Å². The van der Waals surface area contributed by atoms with Gasteiger partial charge < -0.3 is 41.1 Å². The number of anilines is 4. The fourth-order valence-corrected chi connectivity index (χ4v) is 9.36. The van der Waals surface area contributed by atoms with Gasteiger partial charge in [-0.25, -0.2) is 9.98 Å². The van der Waals surface area contributed by atoms with Crippen molar-refractivity contribution < 1.29 is 50.3 Å². The summed E-state index contributed by atoms with van der Waals surface area (Å²) >= 11 is 0. The molecule has 0 aromatic heterocycles. The van der Waals surface area contributed by atoms with Crippen LogP contribution in [-0.2, 0) is 17.1 Å². The molecule has 5 aromatic carbocycles. The zero-order valence-electron chi connectivity index (χ0n) is 45.8. The topological polar surface area (TPSA) is 225 Å². The number of nitrogen functional groups attached to an aromatic ring is 1. The third-order valence-corrected chi connectivity index (χ3v) is 13.9. The lowest BCUT2D eigenvalue weighted by atomic mass is 10.1. The number of alkyl halides is 6. The number of carbonyl (C=O) groups excluding carboxylic acids is 4. The minimum Gasteiger partial charge on any atom is -0.398 e. The number of ether oxygens (including phenoxy) is 1. The quantitative estimate of drug-likeness (QED) is 0.0302. The number of halogens is 6. The first-order valence-corrected chi connectivity index (χ1v) is 26.8. The summed E-state index contributed by atoms with van der Waals surface area (Å²) in [4.78, 5) is 69.3. The molecule has 82 heavy (non-hydrogen) atoms. The number of hydrogen-bond acceptors (Lipinski definition) is 11. The number of rotatable bonds is 12. The van der Waals surface area contributed by atoms with Crippen molar-refractivity contribution in [1.82, 2.24) is 20.4 Å². The summed E-state index contributed by atoms with van der Waals surface area (Å²) in [6.07, 6.45) is -2.62. The van der Waals surface area contributed by atoms with E-state index in [1.165, 1.54) is 50.6 Å². The Kier molecular flexibility index (Phi) is 20.8. The molecule has 5 aromatic rings. The van der Waals surface area contributed by atoms with Gasteiger partial charge in [0.25, 0.3) is 23.6 Å². The molecule has 0 aliphatic carbocycles. The molecule has 434 valence electrons. The lowest BCUT2D eigenvalue weighted by molar-refractivity contribution is -0.138. The van der Waals surface area contributed by atoms with Gasteiger partial charge in [0.2, 0.25) is 0 Å². The normalized spacial score (nSPS) is 15.4. The van der Waals surface area contributed by atoms with E-state index in [1.807, 2.05) is 12.1 Å². The average molecular weight is 1140 g/mol. The van der Waals surface area contributed by atoms with Crippen LogP contribution in [0.25, 0.3) is 0 Å². The molecule has 0 spiro atoms. The van der Waals surface area contributed by atoms with Crippen molar-refractivity contribution in [3.63, 3.8) is 0 Å². The fraction of sp³-hybridized carbons (Fsp3) is 0.356. The fourth-order valence-electron chi connectivity index (χ4n) is 9.36. The molecule has 3 heterocycles. The Labute approximate surface area is 471 Å². The van der Waals surface area contributed by atoms with E-state index in [4.69, 9.17) is 21.3 Å². The summed E-state index contributed by atoms with van der Waals surface area (Å²) in [6.45, 7) is 10.5. The van der Waals surface area contributed by atoms with Crippen LogP contribution in [0.5, 0.6) is 0 Å². The van der Waals surface area contributed by atoms with Crippen LogP contribution in [0.1, 0.15) is 116 Å². The second kappa shape index (κ2) is 27.8. The molecule has 0 atom stereocenters. The molecule has 17 nitrogen and oxygen atoms in total. The molecule has 3 aliphatic heterocycles. The van der Waals surface area contributed by atoms with Crippen LogP contribution in [-0.4, -0.2) is 129 Å². The predicted octanol–water partition coefficient (Wildman–Crippen LogP) is 9.98. The van der Waals surface area contributed by atoms with Crippen molar-refractivity contribution in [3.05, 3.63) is 154 Å². The lowest BCUT2D eigenvalue weighted by Crippen LogP contribution is -2.41. The van der Waals surface area contributed by atoms with Crippen LogP contribution in [0.3, 0.4) is 0 Å². The second-order valence-corrected chi connectivity index (χ2v) is 20.0. The third-order valence-electron chi connectivity index (χ3n) is 13.9. The number of benzene rings is 5. The molecule has 7 N–H and O–H groups in total. The van der Waals surface area contributed by atoms with E-state index >= 15 is 0 Å². The Hall–Kier alpha value is -8.44. The maximum absolute atomic E-state index is 13.7. The number of likely N-dealkylation sites (N-methyl/N-ethyl adjacent to an activating group) is 1. The smallest absolute Gasteiger partial charge is 0.398 e. The number of carbonyl (C=O) groups is 4. The highest BCUT2D eigenvalue weighted by molar-refractivity contribution is 6.16. The SMILES string of the molecule is CC(=NC(=N)c1cccc(C(F)(F)F)c1)NC(=O)c1cc(N2CCCCC2)ccc1N.CC(=NC(=N)c1cccc(C(F)(F)F)c1)NC(=O)c1cc(N2CCCCC2)ccc1NC(=O)c1cccc(C(=O)N(C)CCN2CCOCC2)c1. The Morgan fingerprint density at radius 1 is 0.585 bits per heavy atom. The second-order valence-electron chi connectivity index (χ2n) is 20.0. The maximum Gasteiger partial charge on any atom is 0.416 e. The van der Waals surface area contributed by atoms with E-state index in [9.17, 15) is 45.5 Å². The van der Waals surface area contributed by atoms with Gasteiger partial charge in [0.1, 0.15) is 11.7 Å². The van der Waals surface area contributed by atoms with Crippen LogP contribution in [0.4, 0.5) is 49.1 Å². The molecule has 3 aliphatic rings. The summed E-state index contributed by atoms with van der Waals surface area (Å²) in [6, 6.07) is 25.4. The molecule has 23 heteroatoms.